The summed E-state index contributed by atoms with van der Waals surface area (Å²) in [6.07, 6.45) is 2.31. The number of likely N-dealkylation sites (tertiary alicyclic amines) is 1. The Morgan fingerprint density at radius 3 is 2.89 bits per heavy atom. The number of hydrogen-bond acceptors (Lipinski definition) is 4. The predicted octanol–water partition coefficient (Wildman–Crippen LogP) is 1.23. The fourth-order valence-electron chi connectivity index (χ4n) is 2.60. The van der Waals surface area contributed by atoms with Crippen LogP contribution < -0.4 is 5.32 Å². The molecule has 1 aliphatic carbocycles. The van der Waals surface area contributed by atoms with Crippen molar-refractivity contribution in [2.24, 2.45) is 5.92 Å². The van der Waals surface area contributed by atoms with E-state index in [9.17, 15) is 4.79 Å². The quantitative estimate of drug-likeness (QED) is 0.875. The summed E-state index contributed by atoms with van der Waals surface area (Å²) < 4.78 is 5.20. The van der Waals surface area contributed by atoms with Crippen molar-refractivity contribution in [1.82, 2.24) is 15.4 Å². The molecule has 98 valence electrons. The number of nitrogens with zero attached hydrogens (tertiary/aromatic N) is 2. The fourth-order valence-corrected chi connectivity index (χ4v) is 2.60. The maximum Gasteiger partial charge on any atom is 0.273 e. The molecule has 0 bridgehead atoms. The van der Waals surface area contributed by atoms with Crippen LogP contribution in [0.25, 0.3) is 0 Å². The van der Waals surface area contributed by atoms with Crippen molar-refractivity contribution in [2.45, 2.75) is 31.7 Å². The van der Waals surface area contributed by atoms with Gasteiger partial charge in [0.05, 0.1) is 0 Å². The molecule has 2 atom stereocenters. The fraction of sp³-hybridized carbons (Fsp3) is 0.692. The molecular formula is C13H19N3O2. The van der Waals surface area contributed by atoms with E-state index in [1.165, 1.54) is 0 Å². The second-order valence-electron chi connectivity index (χ2n) is 5.67. The molecule has 5 heteroatoms. The zero-order chi connectivity index (χ0) is 12.7. The Labute approximate surface area is 107 Å². The summed E-state index contributed by atoms with van der Waals surface area (Å²) in [5.41, 5.74) is 0.415. The Hall–Kier alpha value is -1.36. The van der Waals surface area contributed by atoms with E-state index in [1.54, 1.807) is 6.07 Å². The van der Waals surface area contributed by atoms with E-state index in [2.05, 4.69) is 29.3 Å². The Balaban J connectivity index is 1.63. The van der Waals surface area contributed by atoms with Gasteiger partial charge in [-0.25, -0.2) is 0 Å². The lowest BCUT2D eigenvalue weighted by molar-refractivity contribution is 0.0922. The first-order valence-electron chi connectivity index (χ1n) is 6.59. The summed E-state index contributed by atoms with van der Waals surface area (Å²) in [5.74, 6) is 1.72. The van der Waals surface area contributed by atoms with Crippen LogP contribution in [0.4, 0.5) is 0 Å². The minimum atomic E-state index is -0.113. The molecule has 1 aromatic heterocycles. The van der Waals surface area contributed by atoms with Gasteiger partial charge in [-0.15, -0.1) is 0 Å². The summed E-state index contributed by atoms with van der Waals surface area (Å²) in [7, 11) is 2.07. The highest BCUT2D eigenvalue weighted by molar-refractivity contribution is 5.92. The number of likely N-dealkylation sites (N-methyl/N-ethyl adjacent to an activating group) is 1. The van der Waals surface area contributed by atoms with Crippen LogP contribution in [-0.2, 0) is 0 Å². The SMILES string of the molecule is CC1CN(C)C[C@H]1NC(=O)c1cc(C2CC2)on1. The molecule has 0 radical (unpaired) electrons. The molecule has 2 heterocycles. The van der Waals surface area contributed by atoms with Crippen molar-refractivity contribution < 1.29 is 9.32 Å². The van der Waals surface area contributed by atoms with E-state index >= 15 is 0 Å². The molecule has 1 saturated heterocycles. The highest BCUT2D eigenvalue weighted by Gasteiger charge is 2.31. The zero-order valence-corrected chi connectivity index (χ0v) is 10.8. The molecule has 0 aromatic carbocycles. The van der Waals surface area contributed by atoms with Crippen LogP contribution in [0.5, 0.6) is 0 Å². The molecule has 3 rings (SSSR count). The van der Waals surface area contributed by atoms with Crippen molar-refractivity contribution in [3.63, 3.8) is 0 Å². The number of nitrogens with one attached hydrogen (secondary N) is 1. The number of aromatic nitrogens is 1. The molecule has 1 aromatic rings. The van der Waals surface area contributed by atoms with E-state index in [-0.39, 0.29) is 11.9 Å². The summed E-state index contributed by atoms with van der Waals surface area (Å²) in [6, 6.07) is 2.00. The van der Waals surface area contributed by atoms with Gasteiger partial charge >= 0.3 is 0 Å². The molecular weight excluding hydrogens is 230 g/mol. The first kappa shape index (κ1) is 11.7. The standard InChI is InChI=1S/C13H19N3O2/c1-8-6-16(2)7-11(8)14-13(17)10-5-12(18-15-10)9-3-4-9/h5,8-9,11H,3-4,6-7H2,1-2H3,(H,14,17)/t8?,11-/m1/s1. The number of rotatable bonds is 3. The molecule has 0 spiro atoms. The summed E-state index contributed by atoms with van der Waals surface area (Å²) >= 11 is 0. The normalized spacial score (nSPS) is 28.6. The lowest BCUT2D eigenvalue weighted by Crippen LogP contribution is -2.39. The molecule has 1 saturated carbocycles. The van der Waals surface area contributed by atoms with Crippen LogP contribution in [0.3, 0.4) is 0 Å². The zero-order valence-electron chi connectivity index (χ0n) is 10.8. The topological polar surface area (TPSA) is 58.4 Å². The Morgan fingerprint density at radius 1 is 1.50 bits per heavy atom. The van der Waals surface area contributed by atoms with E-state index in [1.807, 2.05) is 0 Å². The third-order valence-electron chi connectivity index (χ3n) is 3.85. The summed E-state index contributed by atoms with van der Waals surface area (Å²) in [6.45, 7) is 4.09. The van der Waals surface area contributed by atoms with Crippen LogP contribution in [0.2, 0.25) is 0 Å². The molecule has 1 unspecified atom stereocenters. The first-order chi connectivity index (χ1) is 8.63. The second-order valence-corrected chi connectivity index (χ2v) is 5.67. The van der Waals surface area contributed by atoms with Gasteiger partial charge in [-0.3, -0.25) is 4.79 Å². The van der Waals surface area contributed by atoms with Gasteiger partial charge in [0.2, 0.25) is 0 Å². The molecule has 18 heavy (non-hydrogen) atoms. The Kier molecular flexibility index (Phi) is 2.86. The molecule has 2 fully saturated rings. The van der Waals surface area contributed by atoms with Crippen molar-refractivity contribution in [3.8, 4) is 0 Å². The van der Waals surface area contributed by atoms with E-state index in [0.29, 0.717) is 17.5 Å². The van der Waals surface area contributed by atoms with Gasteiger partial charge in [-0.1, -0.05) is 12.1 Å². The van der Waals surface area contributed by atoms with Crippen LogP contribution in [0.1, 0.15) is 41.9 Å². The Morgan fingerprint density at radius 2 is 2.28 bits per heavy atom. The lowest BCUT2D eigenvalue weighted by Gasteiger charge is -2.15. The van der Waals surface area contributed by atoms with Gasteiger partial charge in [0.25, 0.3) is 5.91 Å². The highest BCUT2D eigenvalue weighted by atomic mass is 16.5. The second kappa shape index (κ2) is 4.39. The number of amides is 1. The minimum Gasteiger partial charge on any atom is -0.360 e. The van der Waals surface area contributed by atoms with Crippen molar-refractivity contribution in [3.05, 3.63) is 17.5 Å². The van der Waals surface area contributed by atoms with Crippen molar-refractivity contribution >= 4 is 5.91 Å². The number of hydrogen-bond donors (Lipinski definition) is 1. The third-order valence-corrected chi connectivity index (χ3v) is 3.85. The Bertz CT molecular complexity index is 453. The highest BCUT2D eigenvalue weighted by Crippen LogP contribution is 2.40. The van der Waals surface area contributed by atoms with E-state index in [0.717, 1.165) is 31.7 Å². The average Bonchev–Trinajstić information content (AvgIpc) is 2.96. The van der Waals surface area contributed by atoms with Crippen LogP contribution in [-0.4, -0.2) is 42.1 Å². The predicted molar refractivity (Wildman–Crippen MR) is 66.4 cm³/mol. The maximum atomic E-state index is 12.1. The lowest BCUT2D eigenvalue weighted by atomic mass is 10.1. The van der Waals surface area contributed by atoms with Gasteiger partial charge in [0.1, 0.15) is 5.76 Å². The average molecular weight is 249 g/mol. The summed E-state index contributed by atoms with van der Waals surface area (Å²) in [5, 5.41) is 6.91. The van der Waals surface area contributed by atoms with E-state index < -0.39 is 0 Å². The van der Waals surface area contributed by atoms with Gasteiger partial charge in [0, 0.05) is 31.1 Å². The maximum absolute atomic E-state index is 12.1. The number of carbonyl (C=O) groups is 1. The molecule has 2 aliphatic rings. The van der Waals surface area contributed by atoms with Gasteiger partial charge in [-0.2, -0.15) is 0 Å². The summed E-state index contributed by atoms with van der Waals surface area (Å²) in [4.78, 5) is 14.3. The van der Waals surface area contributed by atoms with Crippen molar-refractivity contribution in [1.29, 1.82) is 0 Å². The van der Waals surface area contributed by atoms with Crippen LogP contribution >= 0.6 is 0 Å². The molecule has 1 amide bonds. The van der Waals surface area contributed by atoms with Crippen molar-refractivity contribution in [2.75, 3.05) is 20.1 Å². The smallest absolute Gasteiger partial charge is 0.273 e. The van der Waals surface area contributed by atoms with Crippen LogP contribution in [0.15, 0.2) is 10.6 Å². The monoisotopic (exact) mass is 249 g/mol. The minimum absolute atomic E-state index is 0.113. The van der Waals surface area contributed by atoms with Crippen LogP contribution in [0, 0.1) is 5.92 Å². The van der Waals surface area contributed by atoms with Gasteiger partial charge in [0.15, 0.2) is 5.69 Å². The molecule has 5 nitrogen and oxygen atoms in total. The number of carbonyl (C=O) groups excluding carboxylic acids is 1. The van der Waals surface area contributed by atoms with Gasteiger partial charge in [-0.05, 0) is 25.8 Å². The molecule has 1 N–H and O–H groups in total. The van der Waals surface area contributed by atoms with E-state index in [4.69, 9.17) is 4.52 Å². The molecule has 1 aliphatic heterocycles. The third kappa shape index (κ3) is 2.27. The first-order valence-corrected chi connectivity index (χ1v) is 6.59. The largest absolute Gasteiger partial charge is 0.360 e. The van der Waals surface area contributed by atoms with Gasteiger partial charge < -0.3 is 14.7 Å².